The monoisotopic (exact) mass is 270 g/mol. The van der Waals surface area contributed by atoms with Crippen LogP contribution in [0.15, 0.2) is 30.5 Å². The molecular formula is C13H14BF3O2. The van der Waals surface area contributed by atoms with Gasteiger partial charge in [-0.15, -0.1) is 0 Å². The van der Waals surface area contributed by atoms with Gasteiger partial charge < -0.3 is 9.31 Å². The Morgan fingerprint density at radius 2 is 1.89 bits per heavy atom. The molecule has 1 aliphatic rings. The van der Waals surface area contributed by atoms with Gasteiger partial charge in [-0.2, -0.15) is 13.2 Å². The van der Waals surface area contributed by atoms with Gasteiger partial charge in [0.05, 0.1) is 11.3 Å². The van der Waals surface area contributed by atoms with Crippen LogP contribution >= 0.6 is 0 Å². The van der Waals surface area contributed by atoms with Gasteiger partial charge in [-0.3, -0.25) is 0 Å². The maximum atomic E-state index is 12.6. The number of benzene rings is 1. The molecule has 0 atom stereocenters. The van der Waals surface area contributed by atoms with Gasteiger partial charge in [0.1, 0.15) is 5.60 Å². The summed E-state index contributed by atoms with van der Waals surface area (Å²) in [5.74, 6) is 0.469. The minimum Gasteiger partial charge on any atom is -0.534 e. The molecule has 2 rings (SSSR count). The Kier molecular flexibility index (Phi) is 3.17. The summed E-state index contributed by atoms with van der Waals surface area (Å²) < 4.78 is 48.9. The Morgan fingerprint density at radius 1 is 1.26 bits per heavy atom. The van der Waals surface area contributed by atoms with Crippen LogP contribution in [0.4, 0.5) is 13.2 Å². The van der Waals surface area contributed by atoms with Crippen LogP contribution in [0.25, 0.3) is 0 Å². The third-order valence-electron chi connectivity index (χ3n) is 3.17. The molecule has 1 aliphatic heterocycles. The molecule has 0 N–H and O–H groups in total. The molecule has 0 bridgehead atoms. The normalized spacial score (nSPS) is 18.6. The highest BCUT2D eigenvalue weighted by molar-refractivity contribution is 6.62. The van der Waals surface area contributed by atoms with Gasteiger partial charge in [0.15, 0.2) is 0 Å². The van der Waals surface area contributed by atoms with Crippen molar-refractivity contribution in [3.05, 3.63) is 41.7 Å². The molecule has 0 unspecified atom stereocenters. The predicted octanol–water partition coefficient (Wildman–Crippen LogP) is 3.05. The highest BCUT2D eigenvalue weighted by Crippen LogP contribution is 2.31. The van der Waals surface area contributed by atoms with E-state index in [1.54, 1.807) is 20.8 Å². The topological polar surface area (TPSA) is 18.5 Å². The van der Waals surface area contributed by atoms with Crippen LogP contribution in [-0.2, 0) is 15.5 Å². The first-order valence-corrected chi connectivity index (χ1v) is 5.83. The standard InChI is InChI=1S/C13H14BF3O2/c1-8-7-10(13(15,16)17)5-6-11(8)14-18-9(2)12(3,4)19-14/h5-7H,2H2,1,3-4H3. The molecule has 0 spiro atoms. The third-order valence-corrected chi connectivity index (χ3v) is 3.17. The Labute approximate surface area is 110 Å². The number of aryl methyl sites for hydroxylation is 1. The van der Waals surface area contributed by atoms with Crippen molar-refractivity contribution in [2.75, 3.05) is 0 Å². The van der Waals surface area contributed by atoms with Gasteiger partial charge in [0.2, 0.25) is 0 Å². The Bertz CT molecular complexity index is 523. The fourth-order valence-corrected chi connectivity index (χ4v) is 1.87. The zero-order valence-corrected chi connectivity index (χ0v) is 11.0. The van der Waals surface area contributed by atoms with Crippen LogP contribution in [0.3, 0.4) is 0 Å². The molecule has 1 saturated heterocycles. The average molecular weight is 270 g/mol. The Balaban J connectivity index is 2.31. The van der Waals surface area contributed by atoms with E-state index in [0.717, 1.165) is 12.1 Å². The van der Waals surface area contributed by atoms with Crippen molar-refractivity contribution in [2.24, 2.45) is 0 Å². The largest absolute Gasteiger partial charge is 0.563 e. The van der Waals surface area contributed by atoms with Gasteiger partial charge in [-0.1, -0.05) is 18.7 Å². The van der Waals surface area contributed by atoms with Gasteiger partial charge in [-0.25, -0.2) is 0 Å². The van der Waals surface area contributed by atoms with Crippen LogP contribution in [0.5, 0.6) is 0 Å². The molecule has 0 aliphatic carbocycles. The average Bonchev–Trinajstić information content (AvgIpc) is 2.51. The van der Waals surface area contributed by atoms with E-state index < -0.39 is 24.5 Å². The summed E-state index contributed by atoms with van der Waals surface area (Å²) in [7, 11) is -0.704. The minimum atomic E-state index is -4.34. The van der Waals surface area contributed by atoms with E-state index >= 15 is 0 Å². The summed E-state index contributed by atoms with van der Waals surface area (Å²) in [6.07, 6.45) is -4.34. The fraction of sp³-hybridized carbons (Fsp3) is 0.385. The van der Waals surface area contributed by atoms with Crippen molar-refractivity contribution in [3.8, 4) is 0 Å². The van der Waals surface area contributed by atoms with Crippen molar-refractivity contribution in [1.82, 2.24) is 0 Å². The Hall–Kier alpha value is -1.43. The van der Waals surface area contributed by atoms with E-state index in [0.29, 0.717) is 16.8 Å². The summed E-state index contributed by atoms with van der Waals surface area (Å²) in [6.45, 7) is 8.95. The summed E-state index contributed by atoms with van der Waals surface area (Å²) >= 11 is 0. The van der Waals surface area contributed by atoms with Gasteiger partial charge in [0, 0.05) is 0 Å². The van der Waals surface area contributed by atoms with E-state index in [1.807, 2.05) is 0 Å². The maximum absolute atomic E-state index is 12.6. The summed E-state index contributed by atoms with van der Waals surface area (Å²) in [5, 5.41) is 0. The van der Waals surface area contributed by atoms with Gasteiger partial charge in [-0.05, 0) is 37.9 Å². The molecule has 0 aromatic heterocycles. The molecule has 0 radical (unpaired) electrons. The zero-order valence-electron chi connectivity index (χ0n) is 11.0. The second kappa shape index (κ2) is 4.30. The quantitative estimate of drug-likeness (QED) is 0.730. The highest BCUT2D eigenvalue weighted by Gasteiger charge is 2.43. The number of rotatable bonds is 1. The van der Waals surface area contributed by atoms with Crippen molar-refractivity contribution in [2.45, 2.75) is 32.5 Å². The van der Waals surface area contributed by atoms with E-state index in [-0.39, 0.29) is 0 Å². The molecule has 1 aromatic rings. The second-order valence-electron chi connectivity index (χ2n) is 5.07. The van der Waals surface area contributed by atoms with Crippen LogP contribution in [-0.4, -0.2) is 12.7 Å². The van der Waals surface area contributed by atoms with E-state index in [1.165, 1.54) is 6.07 Å². The van der Waals surface area contributed by atoms with Crippen molar-refractivity contribution in [3.63, 3.8) is 0 Å². The minimum absolute atomic E-state index is 0.469. The first-order valence-electron chi connectivity index (χ1n) is 5.83. The van der Waals surface area contributed by atoms with E-state index in [2.05, 4.69) is 6.58 Å². The molecule has 1 fully saturated rings. The summed E-state index contributed by atoms with van der Waals surface area (Å²) in [5.41, 5.74) is -0.255. The molecule has 1 aromatic carbocycles. The van der Waals surface area contributed by atoms with Crippen molar-refractivity contribution < 1.29 is 22.5 Å². The van der Waals surface area contributed by atoms with Crippen LogP contribution in [0, 0.1) is 6.92 Å². The smallest absolute Gasteiger partial charge is 0.534 e. The lowest BCUT2D eigenvalue weighted by Gasteiger charge is -2.16. The number of hydrogen-bond donors (Lipinski definition) is 0. The highest BCUT2D eigenvalue weighted by atomic mass is 19.4. The molecule has 0 saturated carbocycles. The molecule has 2 nitrogen and oxygen atoms in total. The first-order chi connectivity index (χ1) is 8.61. The zero-order chi connectivity index (χ0) is 14.4. The predicted molar refractivity (Wildman–Crippen MR) is 67.0 cm³/mol. The lowest BCUT2D eigenvalue weighted by Crippen LogP contribution is -2.36. The Morgan fingerprint density at radius 3 is 2.32 bits per heavy atom. The lowest BCUT2D eigenvalue weighted by atomic mass is 9.76. The van der Waals surface area contributed by atoms with E-state index in [9.17, 15) is 13.2 Å². The maximum Gasteiger partial charge on any atom is 0.563 e. The molecule has 1 heterocycles. The number of halogens is 3. The summed E-state index contributed by atoms with van der Waals surface area (Å²) in [4.78, 5) is 0. The van der Waals surface area contributed by atoms with Crippen LogP contribution in [0.2, 0.25) is 0 Å². The fourth-order valence-electron chi connectivity index (χ4n) is 1.87. The van der Waals surface area contributed by atoms with Crippen LogP contribution in [0.1, 0.15) is 25.0 Å². The molecule has 19 heavy (non-hydrogen) atoms. The molecular weight excluding hydrogens is 256 g/mol. The molecule has 0 amide bonds. The van der Waals surface area contributed by atoms with E-state index in [4.69, 9.17) is 9.31 Å². The van der Waals surface area contributed by atoms with Crippen LogP contribution < -0.4 is 5.46 Å². The third kappa shape index (κ3) is 2.63. The number of alkyl halides is 3. The number of hydrogen-bond acceptors (Lipinski definition) is 2. The molecule has 102 valence electrons. The van der Waals surface area contributed by atoms with Gasteiger partial charge >= 0.3 is 13.3 Å². The molecule has 6 heteroatoms. The SMILES string of the molecule is C=C1OB(c2ccc(C(F)(F)F)cc2C)OC1(C)C. The van der Waals surface area contributed by atoms with Crippen molar-refractivity contribution >= 4 is 12.6 Å². The van der Waals surface area contributed by atoms with Crippen molar-refractivity contribution in [1.29, 1.82) is 0 Å². The lowest BCUT2D eigenvalue weighted by molar-refractivity contribution is -0.137. The summed E-state index contributed by atoms with van der Waals surface area (Å²) in [6, 6.07) is 3.51. The second-order valence-corrected chi connectivity index (χ2v) is 5.07. The first kappa shape index (κ1) is 14.0. The van der Waals surface area contributed by atoms with Gasteiger partial charge in [0.25, 0.3) is 0 Å².